The van der Waals surface area contributed by atoms with Gasteiger partial charge in [-0.05, 0) is 175 Å². The van der Waals surface area contributed by atoms with E-state index < -0.39 is 16.4 Å². The third-order valence-electron chi connectivity index (χ3n) is 19.0. The summed E-state index contributed by atoms with van der Waals surface area (Å²) >= 11 is 3.11. The fourth-order valence-electron chi connectivity index (χ4n) is 14.2. The van der Waals surface area contributed by atoms with E-state index >= 15 is 0 Å². The van der Waals surface area contributed by atoms with Crippen LogP contribution in [0.15, 0.2) is 38.3 Å². The van der Waals surface area contributed by atoms with Gasteiger partial charge in [-0.15, -0.1) is 22.7 Å². The zero-order valence-electron chi connectivity index (χ0n) is 55.1. The molecule has 6 aromatic heterocycles. The number of thiophene rings is 2. The Labute approximate surface area is 543 Å². The number of ether oxygens (including phenoxy) is 3. The molecule has 25 heteroatoms. The van der Waals surface area contributed by atoms with Crippen LogP contribution in [0.2, 0.25) is 0 Å². The standard InChI is InChI=1S/C37H51N9O4S.C29H38N8O2S/c1-23-21-45(35(47)49-36(3,4)5)17-18-46(23)29-20-30(48-24(2)26-13-12-16-44(26)10)41-33(40-29)25-19-28(50-42-25)37(6)15-11-14-27-31(37)32(38-7)34(51-27)39-22-43(8)9;1-17-16-32-11-13-37(17)23-15-24(38-18(2)20-8-7-12-36(20)5)34-28(33-23)19-14-22(39-35-19)29(3)10-6-9-21-25(29)26(31-4)27(30)40-21/h19-20,22-24,26H,11-18,21H2,1-6,8-10H3;14-15,17-18,20,32H,6-13,16,30H2,1-3,5H3/t23-,24+,26+,37-;17-,18+,20+,29-/m11/s1. The molecular weight excluding hydrogens is 1190 g/mol. The van der Waals surface area contributed by atoms with E-state index in [2.05, 4.69) is 106 Å². The number of nitrogens with two attached hydrogens (primary N) is 1. The number of piperazine rings is 2. The molecule has 1 amide bonds. The number of likely N-dealkylation sites (tertiary alicyclic amines) is 2. The molecule has 0 radical (unpaired) electrons. The number of aliphatic imine (C=N–C) groups is 1. The smallest absolute Gasteiger partial charge is 0.410 e. The predicted molar refractivity (Wildman–Crippen MR) is 357 cm³/mol. The Kier molecular flexibility index (Phi) is 19.1. The number of amides is 1. The van der Waals surface area contributed by atoms with Crippen LogP contribution in [0.1, 0.15) is 146 Å². The van der Waals surface area contributed by atoms with Gasteiger partial charge in [0.2, 0.25) is 23.1 Å². The van der Waals surface area contributed by atoms with Crippen molar-refractivity contribution in [3.63, 3.8) is 0 Å². The van der Waals surface area contributed by atoms with Gasteiger partial charge in [0.05, 0.1) is 24.5 Å². The molecule has 4 saturated heterocycles. The summed E-state index contributed by atoms with van der Waals surface area (Å²) in [5, 5.41) is 13.7. The number of nitrogens with one attached hydrogen (secondary N) is 1. The lowest BCUT2D eigenvalue weighted by Gasteiger charge is -2.40. The summed E-state index contributed by atoms with van der Waals surface area (Å²) in [6.07, 6.45) is 11.3. The molecule has 3 N–H and O–H groups in total. The second kappa shape index (κ2) is 26.7. The van der Waals surface area contributed by atoms with Crippen molar-refractivity contribution in [3.05, 3.63) is 79.5 Å². The van der Waals surface area contributed by atoms with Gasteiger partial charge in [-0.2, -0.15) is 9.97 Å². The van der Waals surface area contributed by atoms with Gasteiger partial charge in [-0.25, -0.2) is 29.4 Å². The summed E-state index contributed by atoms with van der Waals surface area (Å²) in [5.74, 6) is 4.81. The van der Waals surface area contributed by atoms with Crippen LogP contribution in [0.5, 0.6) is 11.8 Å². The van der Waals surface area contributed by atoms with Gasteiger partial charge < -0.3 is 53.9 Å². The number of aryl methyl sites for hydroxylation is 2. The minimum Gasteiger partial charge on any atom is -0.473 e. The Morgan fingerprint density at radius 1 is 0.769 bits per heavy atom. The molecule has 0 unspecified atom stereocenters. The zero-order chi connectivity index (χ0) is 64.7. The van der Waals surface area contributed by atoms with Crippen LogP contribution in [-0.2, 0) is 28.4 Å². The average Bonchev–Trinajstić information content (AvgIpc) is 1.65. The van der Waals surface area contributed by atoms with Crippen molar-refractivity contribution in [2.45, 2.75) is 179 Å². The maximum absolute atomic E-state index is 12.9. The molecule has 6 aromatic rings. The van der Waals surface area contributed by atoms with Crippen LogP contribution in [0.4, 0.5) is 37.8 Å². The van der Waals surface area contributed by atoms with Crippen molar-refractivity contribution < 1.29 is 28.1 Å². The van der Waals surface area contributed by atoms with Gasteiger partial charge >= 0.3 is 6.09 Å². The number of hydrogen-bond donors (Lipinski definition) is 2. The van der Waals surface area contributed by atoms with Crippen molar-refractivity contribution >= 4 is 68.1 Å². The molecule has 4 aliphatic heterocycles. The van der Waals surface area contributed by atoms with E-state index in [0.29, 0.717) is 94.2 Å². The van der Waals surface area contributed by atoms with E-state index in [9.17, 15) is 4.79 Å². The highest BCUT2D eigenvalue weighted by atomic mass is 32.1. The van der Waals surface area contributed by atoms with Crippen molar-refractivity contribution in [1.29, 1.82) is 0 Å². The number of nitrogen functional groups attached to an aromatic ring is 1. The van der Waals surface area contributed by atoms with E-state index in [4.69, 9.17) is 62.1 Å². The van der Waals surface area contributed by atoms with Crippen molar-refractivity contribution in [2.75, 3.05) is 96.1 Å². The molecule has 91 heavy (non-hydrogen) atoms. The monoisotopic (exact) mass is 1280 g/mol. The summed E-state index contributed by atoms with van der Waals surface area (Å²) in [4.78, 5) is 60.2. The normalized spacial score (nSPS) is 24.5. The van der Waals surface area contributed by atoms with Crippen LogP contribution < -0.4 is 30.3 Å². The fourth-order valence-corrected chi connectivity index (χ4v) is 16.6. The summed E-state index contributed by atoms with van der Waals surface area (Å²) in [5.41, 5.74) is 8.79. The molecule has 4 fully saturated rings. The quantitative estimate of drug-likeness (QED) is 0.0587. The minimum atomic E-state index is -0.564. The molecular formula is C66H89N17O6S2. The number of rotatable bonds is 14. The maximum Gasteiger partial charge on any atom is 0.410 e. The third-order valence-corrected chi connectivity index (χ3v) is 21.2. The average molecular weight is 1280 g/mol. The number of anilines is 3. The summed E-state index contributed by atoms with van der Waals surface area (Å²) < 4.78 is 30.8. The first-order valence-electron chi connectivity index (χ1n) is 32.2. The second-order valence-corrected chi connectivity index (χ2v) is 29.4. The number of fused-ring (bicyclic) bond motifs is 2. The lowest BCUT2D eigenvalue weighted by molar-refractivity contribution is 0.0218. The number of aromatic nitrogens is 6. The van der Waals surface area contributed by atoms with Gasteiger partial charge in [0.25, 0.3) is 0 Å². The topological polar surface area (TPSA) is 227 Å². The maximum atomic E-state index is 12.9. The Morgan fingerprint density at radius 2 is 1.30 bits per heavy atom. The van der Waals surface area contributed by atoms with Crippen LogP contribution in [0.25, 0.3) is 32.7 Å². The van der Waals surface area contributed by atoms with Crippen molar-refractivity contribution in [2.24, 2.45) is 4.99 Å². The van der Waals surface area contributed by atoms with E-state index in [1.54, 1.807) is 22.6 Å². The Balaban J connectivity index is 0.000000192. The SMILES string of the molecule is [C-]#[N+]c1c(N)sc2c1[C@@](C)(c1cc(-c3nc(O[C@@H](C)[C@@H]4CCCN4C)cc(N4CCNC[C@H]4C)n3)no1)CCC2.[C-]#[N+]c1c(N=CN(C)C)sc2c1[C@@](C)(c1cc(-c3nc(O[C@@H](C)[C@@H]4CCCN4C)cc(N4CCN(C(=O)OC(C)(C)C)C[C@H]4C)n3)no1)CCC2. The summed E-state index contributed by atoms with van der Waals surface area (Å²) in [6, 6.07) is 8.61. The first-order valence-corrected chi connectivity index (χ1v) is 33.8. The van der Waals surface area contributed by atoms with E-state index in [-0.39, 0.29) is 36.4 Å². The second-order valence-electron chi connectivity index (χ2n) is 27.1. The number of carbonyl (C=O) groups is 1. The molecule has 12 rings (SSSR count). The molecule has 23 nitrogen and oxygen atoms in total. The van der Waals surface area contributed by atoms with E-state index in [1.165, 1.54) is 22.6 Å². The molecule has 0 aromatic carbocycles. The third kappa shape index (κ3) is 13.6. The van der Waals surface area contributed by atoms with Crippen LogP contribution in [-0.4, -0.2) is 185 Å². The van der Waals surface area contributed by atoms with Crippen LogP contribution in [0.3, 0.4) is 0 Å². The molecule has 0 spiro atoms. The highest BCUT2D eigenvalue weighted by Crippen LogP contribution is 2.56. The van der Waals surface area contributed by atoms with Crippen LogP contribution >= 0.6 is 22.7 Å². The van der Waals surface area contributed by atoms with Gasteiger partial charge in [-0.1, -0.05) is 10.3 Å². The Bertz CT molecular complexity index is 3710. The van der Waals surface area contributed by atoms with Gasteiger partial charge in [0.15, 0.2) is 23.0 Å². The largest absolute Gasteiger partial charge is 0.473 e. The predicted octanol–water partition coefficient (Wildman–Crippen LogP) is 11.5. The van der Waals surface area contributed by atoms with Gasteiger partial charge in [-0.3, -0.25) is 9.80 Å². The zero-order valence-corrected chi connectivity index (χ0v) is 56.8. The Hall–Kier alpha value is -7.42. The molecule has 0 saturated carbocycles. The highest BCUT2D eigenvalue weighted by molar-refractivity contribution is 7.17. The molecule has 6 aliphatic rings. The number of carbonyl (C=O) groups excluding carboxylic acids is 1. The molecule has 8 atom stereocenters. The fraction of sp³-hybridized carbons (Fsp3) is 0.606. The number of likely N-dealkylation sites (N-methyl/N-ethyl adjacent to an activating group) is 2. The van der Waals surface area contributed by atoms with E-state index in [0.717, 1.165) is 117 Å². The van der Waals surface area contributed by atoms with Crippen LogP contribution in [0, 0.1) is 13.1 Å². The first kappa shape index (κ1) is 65.1. The number of nitrogens with zero attached hydrogens (tertiary/aromatic N) is 15. The lowest BCUT2D eigenvalue weighted by atomic mass is 9.71. The first-order chi connectivity index (χ1) is 43.4. The van der Waals surface area contributed by atoms with Crippen molar-refractivity contribution in [3.8, 4) is 34.8 Å². The highest BCUT2D eigenvalue weighted by Gasteiger charge is 2.44. The molecule has 2 aliphatic carbocycles. The summed E-state index contributed by atoms with van der Waals surface area (Å²) in [6.45, 7) is 40.6. The Morgan fingerprint density at radius 3 is 1.78 bits per heavy atom. The van der Waals surface area contributed by atoms with Gasteiger partial charge in [0, 0.05) is 113 Å². The van der Waals surface area contributed by atoms with Crippen molar-refractivity contribution in [1.82, 2.24) is 55.2 Å². The molecule has 486 valence electrons. The molecule has 10 heterocycles. The minimum absolute atomic E-state index is 0.00733. The molecule has 0 bridgehead atoms. The van der Waals surface area contributed by atoms with E-state index in [1.807, 2.05) is 64.0 Å². The van der Waals surface area contributed by atoms with Gasteiger partial charge in [0.1, 0.15) is 46.0 Å². The summed E-state index contributed by atoms with van der Waals surface area (Å²) in [7, 11) is 8.13. The number of hydrogen-bond acceptors (Lipinski definition) is 21. The lowest BCUT2D eigenvalue weighted by Crippen LogP contribution is -2.54.